The minimum absolute atomic E-state index is 0.329. The van der Waals surface area contributed by atoms with Crippen LogP contribution in [-0.4, -0.2) is 51.8 Å². The Morgan fingerprint density at radius 1 is 1.21 bits per heavy atom. The van der Waals surface area contributed by atoms with Crippen LogP contribution in [0.3, 0.4) is 0 Å². The van der Waals surface area contributed by atoms with Crippen LogP contribution in [0.1, 0.15) is 19.3 Å². The van der Waals surface area contributed by atoms with Crippen LogP contribution in [0.4, 0.5) is 5.69 Å². The number of amides is 1. The van der Waals surface area contributed by atoms with Crippen molar-refractivity contribution < 1.29 is 4.79 Å². The summed E-state index contributed by atoms with van der Waals surface area (Å²) in [5, 5.41) is 4.27. The zero-order valence-electron chi connectivity index (χ0n) is 14.1. The first-order chi connectivity index (χ1) is 11.7. The quantitative estimate of drug-likeness (QED) is 0.862. The summed E-state index contributed by atoms with van der Waals surface area (Å²) in [4.78, 5) is 20.9. The Balaban J connectivity index is 1.46. The highest BCUT2D eigenvalue weighted by Gasteiger charge is 2.29. The Morgan fingerprint density at radius 2 is 2.00 bits per heavy atom. The highest BCUT2D eigenvalue weighted by molar-refractivity contribution is 5.79. The molecular formula is C18H23N5O. The first-order valence-corrected chi connectivity index (χ1v) is 8.66. The SMILES string of the molecule is Cn1cc(-c2ccncc2N2CCN(C(=O)CC3CC3)CC2)cn1. The number of aryl methyl sites for hydroxylation is 1. The van der Waals surface area contributed by atoms with Crippen molar-refractivity contribution in [3.8, 4) is 11.1 Å². The lowest BCUT2D eigenvalue weighted by molar-refractivity contribution is -0.131. The maximum atomic E-state index is 12.3. The fourth-order valence-corrected chi connectivity index (χ4v) is 3.34. The van der Waals surface area contributed by atoms with Gasteiger partial charge in [-0.1, -0.05) is 0 Å². The molecule has 6 heteroatoms. The van der Waals surface area contributed by atoms with Crippen molar-refractivity contribution in [3.05, 3.63) is 30.9 Å². The van der Waals surface area contributed by atoms with Gasteiger partial charge in [0, 0.05) is 63.2 Å². The smallest absolute Gasteiger partial charge is 0.222 e. The van der Waals surface area contributed by atoms with Crippen LogP contribution in [0.2, 0.25) is 0 Å². The molecule has 0 radical (unpaired) electrons. The first-order valence-electron chi connectivity index (χ1n) is 8.66. The van der Waals surface area contributed by atoms with Gasteiger partial charge in [0.15, 0.2) is 0 Å². The number of hydrogen-bond acceptors (Lipinski definition) is 4. The Kier molecular flexibility index (Phi) is 3.96. The molecular weight excluding hydrogens is 302 g/mol. The summed E-state index contributed by atoms with van der Waals surface area (Å²) in [7, 11) is 1.93. The summed E-state index contributed by atoms with van der Waals surface area (Å²) < 4.78 is 1.81. The molecule has 2 fully saturated rings. The fourth-order valence-electron chi connectivity index (χ4n) is 3.34. The summed E-state index contributed by atoms with van der Waals surface area (Å²) >= 11 is 0. The monoisotopic (exact) mass is 325 g/mol. The topological polar surface area (TPSA) is 54.3 Å². The van der Waals surface area contributed by atoms with Crippen molar-refractivity contribution in [1.82, 2.24) is 19.7 Å². The molecule has 0 aromatic carbocycles. The predicted molar refractivity (Wildman–Crippen MR) is 92.6 cm³/mol. The van der Waals surface area contributed by atoms with E-state index in [-0.39, 0.29) is 0 Å². The van der Waals surface area contributed by atoms with E-state index in [0.717, 1.165) is 49.4 Å². The summed E-state index contributed by atoms with van der Waals surface area (Å²) in [5.74, 6) is 0.988. The van der Waals surface area contributed by atoms with E-state index in [1.807, 2.05) is 47.5 Å². The van der Waals surface area contributed by atoms with Crippen LogP contribution in [0.15, 0.2) is 30.9 Å². The van der Waals surface area contributed by atoms with Crippen molar-refractivity contribution in [1.29, 1.82) is 0 Å². The lowest BCUT2D eigenvalue weighted by atomic mass is 10.1. The molecule has 3 heterocycles. The van der Waals surface area contributed by atoms with E-state index in [1.165, 1.54) is 12.8 Å². The number of piperazine rings is 1. The second kappa shape index (κ2) is 6.26. The Hall–Kier alpha value is -2.37. The predicted octanol–water partition coefficient (Wildman–Crippen LogP) is 1.93. The van der Waals surface area contributed by atoms with E-state index in [2.05, 4.69) is 15.0 Å². The van der Waals surface area contributed by atoms with E-state index in [4.69, 9.17) is 0 Å². The standard InChI is InChI=1S/C18H23N5O/c1-21-13-15(11-20-21)16-4-5-19-12-17(16)22-6-8-23(9-7-22)18(24)10-14-2-3-14/h4-5,11-14H,2-3,6-10H2,1H3. The Morgan fingerprint density at radius 3 is 2.67 bits per heavy atom. The van der Waals surface area contributed by atoms with Gasteiger partial charge in [-0.05, 0) is 24.8 Å². The molecule has 24 heavy (non-hydrogen) atoms. The molecule has 1 amide bonds. The van der Waals surface area contributed by atoms with Crippen molar-refractivity contribution in [2.24, 2.45) is 13.0 Å². The largest absolute Gasteiger partial charge is 0.366 e. The van der Waals surface area contributed by atoms with E-state index in [9.17, 15) is 4.79 Å². The summed E-state index contributed by atoms with van der Waals surface area (Å²) in [6, 6.07) is 2.04. The molecule has 4 rings (SSSR count). The van der Waals surface area contributed by atoms with Crippen LogP contribution < -0.4 is 4.90 Å². The molecule has 1 aliphatic heterocycles. The second-order valence-electron chi connectivity index (χ2n) is 6.81. The first kappa shape index (κ1) is 15.2. The van der Waals surface area contributed by atoms with Gasteiger partial charge in [-0.3, -0.25) is 14.5 Å². The molecule has 0 N–H and O–H groups in total. The molecule has 0 unspecified atom stereocenters. The fraction of sp³-hybridized carbons (Fsp3) is 0.500. The average molecular weight is 325 g/mol. The van der Waals surface area contributed by atoms with Crippen LogP contribution in [0, 0.1) is 5.92 Å². The van der Waals surface area contributed by atoms with E-state index in [1.54, 1.807) is 0 Å². The molecule has 0 spiro atoms. The number of anilines is 1. The van der Waals surface area contributed by atoms with Gasteiger partial charge in [0.25, 0.3) is 0 Å². The highest BCUT2D eigenvalue weighted by atomic mass is 16.2. The Labute approximate surface area is 142 Å². The second-order valence-corrected chi connectivity index (χ2v) is 6.81. The van der Waals surface area contributed by atoms with E-state index < -0.39 is 0 Å². The molecule has 126 valence electrons. The molecule has 1 aliphatic carbocycles. The summed E-state index contributed by atoms with van der Waals surface area (Å²) in [5.41, 5.74) is 3.37. The lowest BCUT2D eigenvalue weighted by Gasteiger charge is -2.36. The normalized spacial score (nSPS) is 18.0. The zero-order chi connectivity index (χ0) is 16.5. The number of nitrogens with zero attached hydrogens (tertiary/aromatic N) is 5. The van der Waals surface area contributed by atoms with Gasteiger partial charge in [-0.15, -0.1) is 0 Å². The van der Waals surface area contributed by atoms with Crippen LogP contribution in [-0.2, 0) is 11.8 Å². The number of rotatable bonds is 4. The number of carbonyl (C=O) groups is 1. The minimum Gasteiger partial charge on any atom is -0.366 e. The molecule has 2 aromatic rings. The van der Waals surface area contributed by atoms with Crippen molar-refractivity contribution >= 4 is 11.6 Å². The van der Waals surface area contributed by atoms with Gasteiger partial charge in [0.2, 0.25) is 5.91 Å². The van der Waals surface area contributed by atoms with Gasteiger partial charge in [0.05, 0.1) is 18.1 Å². The van der Waals surface area contributed by atoms with Gasteiger partial charge >= 0.3 is 0 Å². The number of hydrogen-bond donors (Lipinski definition) is 0. The maximum absolute atomic E-state index is 12.3. The summed E-state index contributed by atoms with van der Waals surface area (Å²) in [6.07, 6.45) is 10.9. The number of pyridine rings is 1. The maximum Gasteiger partial charge on any atom is 0.222 e. The van der Waals surface area contributed by atoms with Crippen molar-refractivity contribution in [3.63, 3.8) is 0 Å². The minimum atomic E-state index is 0.329. The molecule has 1 saturated carbocycles. The highest BCUT2D eigenvalue weighted by Crippen LogP contribution is 2.33. The molecule has 0 atom stereocenters. The zero-order valence-corrected chi connectivity index (χ0v) is 14.1. The molecule has 2 aromatic heterocycles. The number of aromatic nitrogens is 3. The third kappa shape index (κ3) is 3.13. The molecule has 1 saturated heterocycles. The van der Waals surface area contributed by atoms with Gasteiger partial charge < -0.3 is 9.80 Å². The van der Waals surface area contributed by atoms with Gasteiger partial charge in [-0.2, -0.15) is 5.10 Å². The van der Waals surface area contributed by atoms with Crippen LogP contribution in [0.5, 0.6) is 0 Å². The van der Waals surface area contributed by atoms with Crippen LogP contribution in [0.25, 0.3) is 11.1 Å². The Bertz CT molecular complexity index is 729. The average Bonchev–Trinajstić information content (AvgIpc) is 3.32. The van der Waals surface area contributed by atoms with Gasteiger partial charge in [0.1, 0.15) is 0 Å². The van der Waals surface area contributed by atoms with E-state index >= 15 is 0 Å². The molecule has 6 nitrogen and oxygen atoms in total. The third-order valence-electron chi connectivity index (χ3n) is 4.95. The third-order valence-corrected chi connectivity index (χ3v) is 4.95. The molecule has 2 aliphatic rings. The van der Waals surface area contributed by atoms with Gasteiger partial charge in [-0.25, -0.2) is 0 Å². The molecule has 0 bridgehead atoms. The van der Waals surface area contributed by atoms with Crippen LogP contribution >= 0.6 is 0 Å². The van der Waals surface area contributed by atoms with E-state index in [0.29, 0.717) is 11.8 Å². The van der Waals surface area contributed by atoms with Crippen molar-refractivity contribution in [2.45, 2.75) is 19.3 Å². The summed E-state index contributed by atoms with van der Waals surface area (Å²) in [6.45, 7) is 3.31. The van der Waals surface area contributed by atoms with Crippen molar-refractivity contribution in [2.75, 3.05) is 31.1 Å². The number of carbonyl (C=O) groups excluding carboxylic acids is 1. The lowest BCUT2D eigenvalue weighted by Crippen LogP contribution is -2.49.